The number of nitrogens with zero attached hydrogens (tertiary/aromatic N) is 1. The summed E-state index contributed by atoms with van der Waals surface area (Å²) in [5.74, 6) is 1.92. The van der Waals surface area contributed by atoms with E-state index in [2.05, 4.69) is 61.4 Å². The average Bonchev–Trinajstić information content (AvgIpc) is 2.94. The molecule has 4 nitrogen and oxygen atoms in total. The van der Waals surface area contributed by atoms with Crippen molar-refractivity contribution in [2.45, 2.75) is 19.8 Å². The molecule has 0 radical (unpaired) electrons. The Morgan fingerprint density at radius 1 is 1.08 bits per heavy atom. The second-order valence-electron chi connectivity index (χ2n) is 7.74. The van der Waals surface area contributed by atoms with Gasteiger partial charge in [0.1, 0.15) is 5.75 Å². The van der Waals surface area contributed by atoms with Gasteiger partial charge in [-0.2, -0.15) is 0 Å². The summed E-state index contributed by atoms with van der Waals surface area (Å²) in [4.78, 5) is 15.1. The molecular weight excluding hydrogens is 324 g/mol. The lowest BCUT2D eigenvalue weighted by molar-refractivity contribution is 0.0951. The van der Waals surface area contributed by atoms with Crippen molar-refractivity contribution in [3.63, 3.8) is 0 Å². The van der Waals surface area contributed by atoms with Crippen molar-refractivity contribution in [2.24, 2.45) is 5.92 Å². The van der Waals surface area contributed by atoms with Gasteiger partial charge in [0.25, 0.3) is 5.91 Å². The number of ether oxygens (including phenoxy) is 1. The predicted molar refractivity (Wildman–Crippen MR) is 104 cm³/mol. The van der Waals surface area contributed by atoms with Crippen LogP contribution in [0.1, 0.15) is 33.0 Å². The van der Waals surface area contributed by atoms with Crippen LogP contribution in [-0.4, -0.2) is 44.6 Å². The molecule has 2 aromatic carbocycles. The Labute approximate surface area is 155 Å². The fraction of sp³-hybridized carbons (Fsp3) is 0.409. The molecule has 4 rings (SSSR count). The third-order valence-corrected chi connectivity index (χ3v) is 5.84. The molecule has 0 saturated carbocycles. The van der Waals surface area contributed by atoms with Gasteiger partial charge in [0, 0.05) is 31.1 Å². The van der Waals surface area contributed by atoms with E-state index in [-0.39, 0.29) is 5.91 Å². The average molecular weight is 350 g/mol. The molecule has 2 aliphatic heterocycles. The predicted octanol–water partition coefficient (Wildman–Crippen LogP) is 3.37. The molecule has 2 heterocycles. The van der Waals surface area contributed by atoms with E-state index >= 15 is 0 Å². The third kappa shape index (κ3) is 2.78. The normalized spacial score (nSPS) is 22.4. The minimum absolute atomic E-state index is 0.0564. The molecule has 26 heavy (non-hydrogen) atoms. The molecule has 2 atom stereocenters. The lowest BCUT2D eigenvalue weighted by Gasteiger charge is -2.17. The molecule has 0 aliphatic carbocycles. The lowest BCUT2D eigenvalue weighted by Crippen LogP contribution is -2.29. The molecular formula is C22H26N2O2. The summed E-state index contributed by atoms with van der Waals surface area (Å²) in [7, 11) is 3.87. The van der Waals surface area contributed by atoms with Crippen LogP contribution < -0.4 is 10.1 Å². The fourth-order valence-electron chi connectivity index (χ4n) is 4.66. The van der Waals surface area contributed by atoms with Gasteiger partial charge in [-0.3, -0.25) is 4.79 Å². The Bertz CT molecular complexity index is 851. The number of carbonyl (C=O) groups excluding carboxylic acids is 1. The number of likely N-dealkylation sites (N-methyl/N-ethyl adjacent to an activating group) is 1. The molecule has 136 valence electrons. The van der Waals surface area contributed by atoms with E-state index in [1.807, 2.05) is 0 Å². The summed E-state index contributed by atoms with van der Waals surface area (Å²) in [5.41, 5.74) is 6.45. The van der Waals surface area contributed by atoms with Gasteiger partial charge >= 0.3 is 0 Å². The smallest absolute Gasteiger partial charge is 0.251 e. The van der Waals surface area contributed by atoms with Gasteiger partial charge in [-0.1, -0.05) is 12.1 Å². The molecule has 0 spiro atoms. The highest BCUT2D eigenvalue weighted by Crippen LogP contribution is 2.38. The second-order valence-corrected chi connectivity index (χ2v) is 7.74. The lowest BCUT2D eigenvalue weighted by atomic mass is 9.86. The monoisotopic (exact) mass is 350 g/mol. The third-order valence-electron chi connectivity index (χ3n) is 5.84. The highest BCUT2D eigenvalue weighted by Gasteiger charge is 2.36. The maximum absolute atomic E-state index is 12.7. The summed E-state index contributed by atoms with van der Waals surface area (Å²) in [6.45, 7) is 6.95. The van der Waals surface area contributed by atoms with E-state index in [4.69, 9.17) is 4.74 Å². The Kier molecular flexibility index (Phi) is 4.23. The maximum atomic E-state index is 12.7. The first-order valence-corrected chi connectivity index (χ1v) is 9.24. The maximum Gasteiger partial charge on any atom is 0.251 e. The van der Waals surface area contributed by atoms with Crippen molar-refractivity contribution in [3.8, 4) is 16.9 Å². The Morgan fingerprint density at radius 2 is 1.81 bits per heavy atom. The highest BCUT2D eigenvalue weighted by atomic mass is 16.5. The quantitative estimate of drug-likeness (QED) is 0.903. The van der Waals surface area contributed by atoms with E-state index in [0.717, 1.165) is 53.2 Å². The van der Waals surface area contributed by atoms with Crippen LogP contribution in [0.15, 0.2) is 30.3 Å². The number of amides is 1. The van der Waals surface area contributed by atoms with Crippen molar-refractivity contribution in [1.29, 1.82) is 0 Å². The van der Waals surface area contributed by atoms with Crippen LogP contribution in [-0.2, 0) is 0 Å². The van der Waals surface area contributed by atoms with Crippen molar-refractivity contribution >= 4 is 5.91 Å². The van der Waals surface area contributed by atoms with E-state index in [0.29, 0.717) is 11.8 Å². The number of fused-ring (bicyclic) bond motifs is 3. The summed E-state index contributed by atoms with van der Waals surface area (Å²) in [6.07, 6.45) is 0. The zero-order chi connectivity index (χ0) is 18.4. The first-order valence-electron chi connectivity index (χ1n) is 9.24. The molecule has 0 bridgehead atoms. The minimum atomic E-state index is 0.0564. The van der Waals surface area contributed by atoms with Gasteiger partial charge in [0.05, 0.1) is 7.11 Å². The fourth-order valence-corrected chi connectivity index (χ4v) is 4.66. The molecule has 2 aliphatic rings. The van der Waals surface area contributed by atoms with Crippen LogP contribution in [0.3, 0.4) is 0 Å². The van der Waals surface area contributed by atoms with Crippen molar-refractivity contribution in [3.05, 3.63) is 52.6 Å². The summed E-state index contributed by atoms with van der Waals surface area (Å²) in [6, 6.07) is 10.7. The molecule has 1 amide bonds. The Hall–Kier alpha value is -2.33. The first kappa shape index (κ1) is 17.1. The number of hydrogen-bond donors (Lipinski definition) is 1. The second kappa shape index (κ2) is 6.44. The van der Waals surface area contributed by atoms with Crippen LogP contribution in [0.5, 0.6) is 5.75 Å². The molecule has 0 unspecified atom stereocenters. The van der Waals surface area contributed by atoms with Crippen LogP contribution in [0.25, 0.3) is 11.1 Å². The van der Waals surface area contributed by atoms with Gasteiger partial charge in [0.2, 0.25) is 0 Å². The zero-order valence-electron chi connectivity index (χ0n) is 15.9. The van der Waals surface area contributed by atoms with Crippen LogP contribution in [0.2, 0.25) is 0 Å². The van der Waals surface area contributed by atoms with Gasteiger partial charge in [0.15, 0.2) is 0 Å². The zero-order valence-corrected chi connectivity index (χ0v) is 15.9. The summed E-state index contributed by atoms with van der Waals surface area (Å²) < 4.78 is 5.48. The number of aryl methyl sites for hydroxylation is 2. The molecule has 0 aromatic heterocycles. The van der Waals surface area contributed by atoms with Crippen molar-refractivity contribution < 1.29 is 9.53 Å². The standard InChI is InChI=1S/C22H26N2O2/c1-13-7-16(8-14(2)21(13)26-4)15-5-6-18-19(9-15)22(25)23-10-17-11-24(3)12-20(17)18/h5-9,17,20H,10-12H2,1-4H3,(H,23,25)/t17-,20-/m0/s1. The van der Waals surface area contributed by atoms with E-state index in [1.165, 1.54) is 5.56 Å². The topological polar surface area (TPSA) is 41.6 Å². The van der Waals surface area contributed by atoms with Crippen LogP contribution >= 0.6 is 0 Å². The number of nitrogens with one attached hydrogen (secondary N) is 1. The van der Waals surface area contributed by atoms with E-state index in [1.54, 1.807) is 7.11 Å². The molecule has 1 N–H and O–H groups in total. The number of likely N-dealkylation sites (tertiary alicyclic amines) is 1. The summed E-state index contributed by atoms with van der Waals surface area (Å²) in [5, 5.41) is 3.13. The molecule has 1 saturated heterocycles. The van der Waals surface area contributed by atoms with Gasteiger partial charge in [-0.05, 0) is 72.8 Å². The highest BCUT2D eigenvalue weighted by molar-refractivity contribution is 5.97. The van der Waals surface area contributed by atoms with Gasteiger partial charge in [-0.15, -0.1) is 0 Å². The molecule has 2 aromatic rings. The Balaban J connectivity index is 1.79. The van der Waals surface area contributed by atoms with Crippen LogP contribution in [0.4, 0.5) is 0 Å². The number of carbonyl (C=O) groups is 1. The minimum Gasteiger partial charge on any atom is -0.496 e. The van der Waals surface area contributed by atoms with Gasteiger partial charge < -0.3 is 15.0 Å². The van der Waals surface area contributed by atoms with Crippen molar-refractivity contribution in [1.82, 2.24) is 10.2 Å². The molecule has 1 fully saturated rings. The first-order chi connectivity index (χ1) is 12.5. The number of rotatable bonds is 2. The SMILES string of the molecule is COc1c(C)cc(-c2ccc3c(c2)C(=O)NC[C@H]2CN(C)C[C@H]32)cc1C. The van der Waals surface area contributed by atoms with Crippen LogP contribution in [0, 0.1) is 19.8 Å². The summed E-state index contributed by atoms with van der Waals surface area (Å²) >= 11 is 0. The van der Waals surface area contributed by atoms with Crippen molar-refractivity contribution in [2.75, 3.05) is 33.8 Å². The van der Waals surface area contributed by atoms with E-state index < -0.39 is 0 Å². The molecule has 4 heteroatoms. The largest absolute Gasteiger partial charge is 0.496 e. The van der Waals surface area contributed by atoms with E-state index in [9.17, 15) is 4.79 Å². The number of hydrogen-bond acceptors (Lipinski definition) is 3. The van der Waals surface area contributed by atoms with Gasteiger partial charge in [-0.25, -0.2) is 0 Å². The Morgan fingerprint density at radius 3 is 2.50 bits per heavy atom. The number of benzene rings is 2. The number of methoxy groups -OCH3 is 1.